The summed E-state index contributed by atoms with van der Waals surface area (Å²) in [6.07, 6.45) is 5.86. The highest BCUT2D eigenvalue weighted by molar-refractivity contribution is 6.21. The van der Waals surface area contributed by atoms with Crippen molar-refractivity contribution in [1.29, 1.82) is 0 Å². The fourth-order valence-corrected chi connectivity index (χ4v) is 2.42. The molecule has 96 valence electrons. The first-order chi connectivity index (χ1) is 8.47. The monoisotopic (exact) mass is 261 g/mol. The summed E-state index contributed by atoms with van der Waals surface area (Å²) in [4.78, 5) is 4.21. The normalized spacial score (nSPS) is 13.8. The molecular weight excluding hydrogens is 242 g/mol. The molecule has 2 rings (SSSR count). The van der Waals surface area contributed by atoms with Crippen molar-refractivity contribution in [3.05, 3.63) is 42.2 Å². The number of benzene rings is 1. The third-order valence-electron chi connectivity index (χ3n) is 3.20. The minimum Gasteiger partial charge on any atom is -0.264 e. The summed E-state index contributed by atoms with van der Waals surface area (Å²) in [5, 5.41) is 2.45. The molecule has 0 aliphatic rings. The van der Waals surface area contributed by atoms with Gasteiger partial charge in [-0.15, -0.1) is 11.6 Å². The fraction of sp³-hybridized carbons (Fsp3) is 0.438. The van der Waals surface area contributed by atoms with Crippen molar-refractivity contribution in [2.75, 3.05) is 0 Å². The number of hydrogen-bond acceptors (Lipinski definition) is 1. The van der Waals surface area contributed by atoms with Crippen molar-refractivity contribution >= 4 is 22.4 Å². The number of hydrogen-bond donors (Lipinski definition) is 0. The Morgan fingerprint density at radius 1 is 1.22 bits per heavy atom. The zero-order valence-corrected chi connectivity index (χ0v) is 12.0. The van der Waals surface area contributed by atoms with Gasteiger partial charge in [-0.05, 0) is 35.3 Å². The Hall–Kier alpha value is -1.08. The van der Waals surface area contributed by atoms with Crippen molar-refractivity contribution in [1.82, 2.24) is 4.98 Å². The first-order valence-corrected chi connectivity index (χ1v) is 6.88. The second-order valence-electron chi connectivity index (χ2n) is 6.01. The standard InChI is InChI=1S/C16H20ClN/c1-16(2,3)9-7-15(17)13-6-4-5-12-8-10-18-11-14(12)13/h4-6,8,10-11,15H,7,9H2,1-3H3. The van der Waals surface area contributed by atoms with Crippen LogP contribution < -0.4 is 0 Å². The summed E-state index contributed by atoms with van der Waals surface area (Å²) in [6, 6.07) is 8.33. The lowest BCUT2D eigenvalue weighted by atomic mass is 9.88. The maximum absolute atomic E-state index is 6.56. The highest BCUT2D eigenvalue weighted by atomic mass is 35.5. The van der Waals surface area contributed by atoms with E-state index in [0.29, 0.717) is 5.41 Å². The number of aromatic nitrogens is 1. The van der Waals surface area contributed by atoms with Crippen LogP contribution in [0.15, 0.2) is 36.7 Å². The van der Waals surface area contributed by atoms with Gasteiger partial charge in [0.2, 0.25) is 0 Å². The predicted molar refractivity (Wildman–Crippen MR) is 79.0 cm³/mol. The van der Waals surface area contributed by atoms with Gasteiger partial charge in [0.15, 0.2) is 0 Å². The van der Waals surface area contributed by atoms with E-state index in [4.69, 9.17) is 11.6 Å². The summed E-state index contributed by atoms with van der Waals surface area (Å²) < 4.78 is 0. The Kier molecular flexibility index (Phi) is 3.91. The number of alkyl halides is 1. The van der Waals surface area contributed by atoms with Crippen LogP contribution in [0.1, 0.15) is 44.6 Å². The van der Waals surface area contributed by atoms with Crippen molar-refractivity contribution in [2.24, 2.45) is 5.41 Å². The SMILES string of the molecule is CC(C)(C)CCC(Cl)c1cccc2ccncc12. The quantitative estimate of drug-likeness (QED) is 0.680. The zero-order valence-electron chi connectivity index (χ0n) is 11.3. The molecule has 1 aromatic carbocycles. The van der Waals surface area contributed by atoms with E-state index in [1.807, 2.05) is 18.5 Å². The lowest BCUT2D eigenvalue weighted by Crippen LogP contribution is -2.06. The Balaban J connectivity index is 2.25. The van der Waals surface area contributed by atoms with E-state index in [1.165, 1.54) is 16.3 Å². The van der Waals surface area contributed by atoms with Gasteiger partial charge >= 0.3 is 0 Å². The van der Waals surface area contributed by atoms with Crippen LogP contribution in [-0.4, -0.2) is 4.98 Å². The van der Waals surface area contributed by atoms with Gasteiger partial charge in [0.1, 0.15) is 0 Å². The van der Waals surface area contributed by atoms with Crippen LogP contribution in [0.2, 0.25) is 0 Å². The molecular formula is C16H20ClN. The zero-order chi connectivity index (χ0) is 13.2. The molecule has 0 saturated heterocycles. The number of nitrogens with zero attached hydrogens (tertiary/aromatic N) is 1. The lowest BCUT2D eigenvalue weighted by Gasteiger charge is -2.20. The summed E-state index contributed by atoms with van der Waals surface area (Å²) in [5.74, 6) is 0. The number of rotatable bonds is 3. The highest BCUT2D eigenvalue weighted by Crippen LogP contribution is 2.34. The van der Waals surface area contributed by atoms with Crippen LogP contribution in [0.3, 0.4) is 0 Å². The maximum Gasteiger partial charge on any atom is 0.0592 e. The average Bonchev–Trinajstić information content (AvgIpc) is 2.34. The second-order valence-corrected chi connectivity index (χ2v) is 6.54. The summed E-state index contributed by atoms with van der Waals surface area (Å²) in [6.45, 7) is 6.75. The highest BCUT2D eigenvalue weighted by Gasteiger charge is 2.16. The number of fused-ring (bicyclic) bond motifs is 1. The molecule has 0 N–H and O–H groups in total. The van der Waals surface area contributed by atoms with Crippen molar-refractivity contribution in [3.8, 4) is 0 Å². The average molecular weight is 262 g/mol. The fourth-order valence-electron chi connectivity index (χ4n) is 2.13. The molecule has 0 aliphatic carbocycles. The van der Waals surface area contributed by atoms with Gasteiger partial charge in [0.05, 0.1) is 5.38 Å². The molecule has 0 aliphatic heterocycles. The molecule has 1 nitrogen and oxygen atoms in total. The van der Waals surface area contributed by atoms with E-state index in [1.54, 1.807) is 0 Å². The van der Waals surface area contributed by atoms with E-state index >= 15 is 0 Å². The smallest absolute Gasteiger partial charge is 0.0592 e. The molecule has 0 saturated carbocycles. The van der Waals surface area contributed by atoms with Gasteiger partial charge in [-0.2, -0.15) is 0 Å². The maximum atomic E-state index is 6.56. The first-order valence-electron chi connectivity index (χ1n) is 6.44. The van der Waals surface area contributed by atoms with Gasteiger partial charge < -0.3 is 0 Å². The third-order valence-corrected chi connectivity index (χ3v) is 3.66. The van der Waals surface area contributed by atoms with Gasteiger partial charge in [-0.25, -0.2) is 0 Å². The molecule has 18 heavy (non-hydrogen) atoms. The van der Waals surface area contributed by atoms with Crippen LogP contribution in [0.5, 0.6) is 0 Å². The van der Waals surface area contributed by atoms with E-state index < -0.39 is 0 Å². The molecule has 2 heteroatoms. The van der Waals surface area contributed by atoms with Gasteiger partial charge in [0.25, 0.3) is 0 Å². The summed E-state index contributed by atoms with van der Waals surface area (Å²) in [7, 11) is 0. The van der Waals surface area contributed by atoms with E-state index in [2.05, 4.69) is 44.0 Å². The van der Waals surface area contributed by atoms with Crippen molar-refractivity contribution in [3.63, 3.8) is 0 Å². The molecule has 1 aromatic heterocycles. The Bertz CT molecular complexity index is 523. The minimum absolute atomic E-state index is 0.0668. The molecule has 1 unspecified atom stereocenters. The largest absolute Gasteiger partial charge is 0.264 e. The third kappa shape index (κ3) is 3.23. The molecule has 1 heterocycles. The first kappa shape index (κ1) is 13.4. The van der Waals surface area contributed by atoms with Gasteiger partial charge in [-0.1, -0.05) is 39.0 Å². The summed E-state index contributed by atoms with van der Waals surface area (Å²) in [5.41, 5.74) is 1.53. The van der Waals surface area contributed by atoms with E-state index in [0.717, 1.165) is 12.8 Å². The Labute approximate surface area is 114 Å². The Morgan fingerprint density at radius 3 is 2.72 bits per heavy atom. The van der Waals surface area contributed by atoms with Crippen LogP contribution in [-0.2, 0) is 0 Å². The van der Waals surface area contributed by atoms with Gasteiger partial charge in [0, 0.05) is 17.8 Å². The molecule has 0 fully saturated rings. The van der Waals surface area contributed by atoms with Crippen LogP contribution >= 0.6 is 11.6 Å². The minimum atomic E-state index is 0.0668. The molecule has 1 atom stereocenters. The number of pyridine rings is 1. The topological polar surface area (TPSA) is 12.9 Å². The molecule has 0 spiro atoms. The molecule has 2 aromatic rings. The Morgan fingerprint density at radius 2 is 2.00 bits per heavy atom. The predicted octanol–water partition coefficient (Wildman–Crippen LogP) is 5.34. The summed E-state index contributed by atoms with van der Waals surface area (Å²) >= 11 is 6.56. The molecule has 0 amide bonds. The molecule has 0 bridgehead atoms. The lowest BCUT2D eigenvalue weighted by molar-refractivity contribution is 0.363. The van der Waals surface area contributed by atoms with Crippen LogP contribution in [0.25, 0.3) is 10.8 Å². The van der Waals surface area contributed by atoms with E-state index in [-0.39, 0.29) is 5.38 Å². The van der Waals surface area contributed by atoms with Crippen LogP contribution in [0, 0.1) is 5.41 Å². The van der Waals surface area contributed by atoms with E-state index in [9.17, 15) is 0 Å². The molecule has 0 radical (unpaired) electrons. The number of halogens is 1. The van der Waals surface area contributed by atoms with Gasteiger partial charge in [-0.3, -0.25) is 4.98 Å². The van der Waals surface area contributed by atoms with Crippen molar-refractivity contribution < 1.29 is 0 Å². The van der Waals surface area contributed by atoms with Crippen molar-refractivity contribution in [2.45, 2.75) is 39.0 Å². The van der Waals surface area contributed by atoms with Crippen LogP contribution in [0.4, 0.5) is 0 Å². The second kappa shape index (κ2) is 5.27.